The maximum absolute atomic E-state index is 5.81. The molecule has 0 aromatic heterocycles. The van der Waals surface area contributed by atoms with Gasteiger partial charge >= 0.3 is 0 Å². The van der Waals surface area contributed by atoms with Crippen LogP contribution in [0.3, 0.4) is 0 Å². The zero-order valence-electron chi connectivity index (χ0n) is 12.3. The number of nitrogens with zero attached hydrogens (tertiary/aromatic N) is 1. The monoisotopic (exact) mass is 242 g/mol. The summed E-state index contributed by atoms with van der Waals surface area (Å²) in [5, 5.41) is 3.65. The second-order valence-electron chi connectivity index (χ2n) is 6.09. The fourth-order valence-electron chi connectivity index (χ4n) is 2.59. The molecule has 0 aromatic carbocycles. The molecular formula is C14H30N2O. The van der Waals surface area contributed by atoms with Gasteiger partial charge in [-0.15, -0.1) is 0 Å². The summed E-state index contributed by atoms with van der Waals surface area (Å²) in [5.74, 6) is 0.700. The lowest BCUT2D eigenvalue weighted by molar-refractivity contribution is -0.0348. The lowest BCUT2D eigenvalue weighted by Gasteiger charge is -2.34. The molecule has 0 saturated carbocycles. The molecule has 3 heteroatoms. The molecule has 17 heavy (non-hydrogen) atoms. The lowest BCUT2D eigenvalue weighted by Crippen LogP contribution is -2.46. The Hall–Kier alpha value is -0.120. The molecule has 0 spiro atoms. The SMILES string of the molecule is CCOC(C)(C)CN1CCCNC(C(C)C)C1. The molecule has 1 fully saturated rings. The van der Waals surface area contributed by atoms with Crippen LogP contribution in [-0.4, -0.2) is 49.3 Å². The summed E-state index contributed by atoms with van der Waals surface area (Å²) in [6.07, 6.45) is 1.24. The van der Waals surface area contributed by atoms with E-state index in [1.807, 2.05) is 0 Å². The molecule has 1 aliphatic heterocycles. The van der Waals surface area contributed by atoms with Crippen LogP contribution in [0.1, 0.15) is 41.0 Å². The summed E-state index contributed by atoms with van der Waals surface area (Å²) in [6.45, 7) is 16.4. The smallest absolute Gasteiger partial charge is 0.0752 e. The Bertz CT molecular complexity index is 216. The van der Waals surface area contributed by atoms with E-state index >= 15 is 0 Å². The van der Waals surface area contributed by atoms with Crippen molar-refractivity contribution in [2.45, 2.75) is 52.7 Å². The maximum Gasteiger partial charge on any atom is 0.0752 e. The molecule has 1 N–H and O–H groups in total. The zero-order valence-corrected chi connectivity index (χ0v) is 12.3. The highest BCUT2D eigenvalue weighted by Crippen LogP contribution is 2.15. The summed E-state index contributed by atoms with van der Waals surface area (Å²) in [4.78, 5) is 2.56. The van der Waals surface area contributed by atoms with Gasteiger partial charge in [-0.3, -0.25) is 4.90 Å². The first-order valence-corrected chi connectivity index (χ1v) is 7.04. The summed E-state index contributed by atoms with van der Waals surface area (Å²) >= 11 is 0. The molecule has 1 saturated heterocycles. The van der Waals surface area contributed by atoms with Crippen molar-refractivity contribution in [1.82, 2.24) is 10.2 Å². The van der Waals surface area contributed by atoms with Crippen LogP contribution in [0.5, 0.6) is 0 Å². The first-order valence-electron chi connectivity index (χ1n) is 7.04. The largest absolute Gasteiger partial charge is 0.375 e. The Morgan fingerprint density at radius 3 is 2.71 bits per heavy atom. The summed E-state index contributed by atoms with van der Waals surface area (Å²) in [6, 6.07) is 0.620. The molecule has 0 aliphatic carbocycles. The van der Waals surface area contributed by atoms with Crippen molar-refractivity contribution < 1.29 is 4.74 Å². The van der Waals surface area contributed by atoms with E-state index in [9.17, 15) is 0 Å². The van der Waals surface area contributed by atoms with Gasteiger partial charge < -0.3 is 10.1 Å². The van der Waals surface area contributed by atoms with Crippen LogP contribution in [0.15, 0.2) is 0 Å². The van der Waals surface area contributed by atoms with Crippen LogP contribution < -0.4 is 5.32 Å². The van der Waals surface area contributed by atoms with Gasteiger partial charge in [0.1, 0.15) is 0 Å². The van der Waals surface area contributed by atoms with Gasteiger partial charge in [-0.1, -0.05) is 13.8 Å². The quantitative estimate of drug-likeness (QED) is 0.799. The topological polar surface area (TPSA) is 24.5 Å². The predicted octanol–water partition coefficient (Wildman–Crippen LogP) is 2.12. The molecule has 0 amide bonds. The van der Waals surface area contributed by atoms with Crippen LogP contribution in [0.2, 0.25) is 0 Å². The highest BCUT2D eigenvalue weighted by atomic mass is 16.5. The van der Waals surface area contributed by atoms with Gasteiger partial charge in [0.05, 0.1) is 5.60 Å². The Morgan fingerprint density at radius 1 is 1.41 bits per heavy atom. The van der Waals surface area contributed by atoms with Gasteiger partial charge in [0.15, 0.2) is 0 Å². The molecule has 0 radical (unpaired) electrons. The average molecular weight is 242 g/mol. The molecule has 1 aliphatic rings. The molecule has 0 bridgehead atoms. The number of ether oxygens (including phenoxy) is 1. The van der Waals surface area contributed by atoms with E-state index in [1.165, 1.54) is 13.0 Å². The molecule has 102 valence electrons. The zero-order chi connectivity index (χ0) is 12.9. The van der Waals surface area contributed by atoms with E-state index in [-0.39, 0.29) is 5.60 Å². The minimum atomic E-state index is -0.0272. The predicted molar refractivity (Wildman–Crippen MR) is 73.4 cm³/mol. The number of nitrogens with one attached hydrogen (secondary N) is 1. The van der Waals surface area contributed by atoms with E-state index in [0.717, 1.165) is 26.2 Å². The molecule has 1 unspecified atom stereocenters. The molecule has 3 nitrogen and oxygen atoms in total. The summed E-state index contributed by atoms with van der Waals surface area (Å²) < 4.78 is 5.81. The second-order valence-corrected chi connectivity index (χ2v) is 6.09. The minimum absolute atomic E-state index is 0.0272. The lowest BCUT2D eigenvalue weighted by atomic mass is 10.0. The van der Waals surface area contributed by atoms with Crippen molar-refractivity contribution in [3.8, 4) is 0 Å². The highest BCUT2D eigenvalue weighted by Gasteiger charge is 2.26. The standard InChI is InChI=1S/C14H30N2O/c1-6-17-14(4,5)11-16-9-7-8-15-13(10-16)12(2)3/h12-13,15H,6-11H2,1-5H3. The van der Waals surface area contributed by atoms with Gasteiger partial charge in [-0.25, -0.2) is 0 Å². The molecule has 1 heterocycles. The Labute approximate surface area is 107 Å². The van der Waals surface area contributed by atoms with Crippen molar-refractivity contribution in [2.75, 3.05) is 32.8 Å². The number of rotatable bonds is 5. The molecule has 1 atom stereocenters. The van der Waals surface area contributed by atoms with Crippen molar-refractivity contribution >= 4 is 0 Å². The van der Waals surface area contributed by atoms with E-state index in [1.54, 1.807) is 0 Å². The first kappa shape index (κ1) is 14.9. The fraction of sp³-hybridized carbons (Fsp3) is 1.00. The Kier molecular flexibility index (Phi) is 5.90. The van der Waals surface area contributed by atoms with Crippen LogP contribution in [0.4, 0.5) is 0 Å². The third kappa shape index (κ3) is 5.36. The summed E-state index contributed by atoms with van der Waals surface area (Å²) in [5.41, 5.74) is -0.0272. The van der Waals surface area contributed by atoms with E-state index in [2.05, 4.69) is 44.8 Å². The second kappa shape index (κ2) is 6.72. The Morgan fingerprint density at radius 2 is 2.12 bits per heavy atom. The van der Waals surface area contributed by atoms with Crippen LogP contribution in [0, 0.1) is 5.92 Å². The normalized spacial score (nSPS) is 24.0. The van der Waals surface area contributed by atoms with E-state index in [4.69, 9.17) is 4.74 Å². The highest BCUT2D eigenvalue weighted by molar-refractivity contribution is 4.82. The van der Waals surface area contributed by atoms with Crippen molar-refractivity contribution in [2.24, 2.45) is 5.92 Å². The van der Waals surface area contributed by atoms with Gasteiger partial charge in [0.25, 0.3) is 0 Å². The number of hydrogen-bond acceptors (Lipinski definition) is 3. The number of hydrogen-bond donors (Lipinski definition) is 1. The minimum Gasteiger partial charge on any atom is -0.375 e. The van der Waals surface area contributed by atoms with E-state index < -0.39 is 0 Å². The Balaban J connectivity index is 2.51. The van der Waals surface area contributed by atoms with Crippen LogP contribution in [0.25, 0.3) is 0 Å². The fourth-order valence-corrected chi connectivity index (χ4v) is 2.59. The van der Waals surface area contributed by atoms with Gasteiger partial charge in [-0.2, -0.15) is 0 Å². The van der Waals surface area contributed by atoms with Gasteiger partial charge in [0, 0.05) is 25.7 Å². The van der Waals surface area contributed by atoms with Crippen LogP contribution in [-0.2, 0) is 4.74 Å². The van der Waals surface area contributed by atoms with E-state index in [0.29, 0.717) is 12.0 Å². The molecule has 0 aromatic rings. The third-order valence-corrected chi connectivity index (χ3v) is 3.46. The van der Waals surface area contributed by atoms with Gasteiger partial charge in [0.2, 0.25) is 0 Å². The van der Waals surface area contributed by atoms with Crippen molar-refractivity contribution in [3.63, 3.8) is 0 Å². The van der Waals surface area contributed by atoms with Crippen molar-refractivity contribution in [1.29, 1.82) is 0 Å². The molecule has 1 rings (SSSR count). The average Bonchev–Trinajstić information content (AvgIpc) is 2.42. The molecular weight excluding hydrogens is 212 g/mol. The van der Waals surface area contributed by atoms with Crippen molar-refractivity contribution in [3.05, 3.63) is 0 Å². The van der Waals surface area contributed by atoms with Gasteiger partial charge in [-0.05, 0) is 46.2 Å². The first-order chi connectivity index (χ1) is 7.94. The van der Waals surface area contributed by atoms with Crippen LogP contribution >= 0.6 is 0 Å². The maximum atomic E-state index is 5.81. The summed E-state index contributed by atoms with van der Waals surface area (Å²) in [7, 11) is 0. The third-order valence-electron chi connectivity index (χ3n) is 3.46.